The van der Waals surface area contributed by atoms with Gasteiger partial charge in [-0.2, -0.15) is 0 Å². The standard InChI is InChI=1S/C35H35FN2O6/c1-23(24-15-17-26(36)18-16-24)37-34(41)29-12-6-4-10-27(29)28-11-5-7-13-30(28)35(42)38(22-20-32(39)40)21-19-25-9-8-14-31(43-2)33(25)44-3/h4-18,23H,19-22H2,1-3H3,(H,37,41)(H,39,40). The minimum Gasteiger partial charge on any atom is -0.493 e. The number of para-hydroxylation sites is 1. The van der Waals surface area contributed by atoms with Gasteiger partial charge in [0.1, 0.15) is 5.82 Å². The molecule has 8 nitrogen and oxygen atoms in total. The Balaban J connectivity index is 1.64. The van der Waals surface area contributed by atoms with Crippen molar-refractivity contribution >= 4 is 17.8 Å². The molecule has 1 atom stereocenters. The Labute approximate surface area is 256 Å². The molecule has 4 aromatic rings. The van der Waals surface area contributed by atoms with Crippen LogP contribution in [-0.2, 0) is 11.2 Å². The number of halogens is 1. The van der Waals surface area contributed by atoms with Gasteiger partial charge in [-0.15, -0.1) is 0 Å². The van der Waals surface area contributed by atoms with Crippen molar-refractivity contribution in [3.63, 3.8) is 0 Å². The molecule has 0 fully saturated rings. The molecule has 0 aliphatic rings. The Kier molecular flexibility index (Phi) is 10.7. The Morgan fingerprint density at radius 1 is 0.818 bits per heavy atom. The van der Waals surface area contributed by atoms with Gasteiger partial charge in [-0.1, -0.05) is 60.7 Å². The number of hydrogen-bond acceptors (Lipinski definition) is 5. The van der Waals surface area contributed by atoms with E-state index in [4.69, 9.17) is 9.47 Å². The fourth-order valence-corrected chi connectivity index (χ4v) is 5.05. The summed E-state index contributed by atoms with van der Waals surface area (Å²) in [6, 6.07) is 24.9. The van der Waals surface area contributed by atoms with Gasteiger partial charge in [-0.05, 0) is 65.9 Å². The number of nitrogens with zero attached hydrogens (tertiary/aromatic N) is 1. The highest BCUT2D eigenvalue weighted by molar-refractivity contribution is 6.06. The Hall–Kier alpha value is -5.18. The maximum absolute atomic E-state index is 14.1. The molecular weight excluding hydrogens is 563 g/mol. The van der Waals surface area contributed by atoms with Gasteiger partial charge >= 0.3 is 5.97 Å². The molecule has 44 heavy (non-hydrogen) atoms. The fraction of sp³-hybridized carbons (Fsp3) is 0.229. The van der Waals surface area contributed by atoms with Crippen LogP contribution in [0.2, 0.25) is 0 Å². The zero-order chi connectivity index (χ0) is 31.6. The molecule has 0 bridgehead atoms. The van der Waals surface area contributed by atoms with Crippen LogP contribution in [0.1, 0.15) is 51.2 Å². The van der Waals surface area contributed by atoms with Crippen molar-refractivity contribution in [1.29, 1.82) is 0 Å². The van der Waals surface area contributed by atoms with Gasteiger partial charge in [-0.3, -0.25) is 14.4 Å². The Morgan fingerprint density at radius 2 is 1.45 bits per heavy atom. The number of ether oxygens (including phenoxy) is 2. The monoisotopic (exact) mass is 598 g/mol. The summed E-state index contributed by atoms with van der Waals surface area (Å²) >= 11 is 0. The number of aliphatic carboxylic acids is 1. The number of methoxy groups -OCH3 is 2. The number of rotatable bonds is 13. The zero-order valence-corrected chi connectivity index (χ0v) is 24.9. The van der Waals surface area contributed by atoms with E-state index >= 15 is 0 Å². The fourth-order valence-electron chi connectivity index (χ4n) is 5.05. The molecule has 0 aliphatic carbocycles. The summed E-state index contributed by atoms with van der Waals surface area (Å²) in [7, 11) is 3.09. The number of carbonyl (C=O) groups excluding carboxylic acids is 2. The molecular formula is C35H35FN2O6. The second-order valence-corrected chi connectivity index (χ2v) is 10.2. The first-order valence-corrected chi connectivity index (χ1v) is 14.2. The maximum atomic E-state index is 14.1. The van der Waals surface area contributed by atoms with Crippen LogP contribution in [0.4, 0.5) is 4.39 Å². The van der Waals surface area contributed by atoms with E-state index in [2.05, 4.69) is 5.32 Å². The molecule has 4 aromatic carbocycles. The lowest BCUT2D eigenvalue weighted by atomic mass is 9.94. The lowest BCUT2D eigenvalue weighted by molar-refractivity contribution is -0.137. The first-order chi connectivity index (χ1) is 21.2. The van der Waals surface area contributed by atoms with Crippen molar-refractivity contribution in [1.82, 2.24) is 10.2 Å². The van der Waals surface area contributed by atoms with E-state index < -0.39 is 12.0 Å². The molecule has 0 heterocycles. The van der Waals surface area contributed by atoms with Crippen LogP contribution in [0, 0.1) is 5.82 Å². The quantitative estimate of drug-likeness (QED) is 0.191. The van der Waals surface area contributed by atoms with E-state index in [9.17, 15) is 23.9 Å². The molecule has 2 N–H and O–H groups in total. The van der Waals surface area contributed by atoms with E-state index in [0.29, 0.717) is 40.2 Å². The van der Waals surface area contributed by atoms with Crippen LogP contribution in [0.25, 0.3) is 11.1 Å². The lowest BCUT2D eigenvalue weighted by Crippen LogP contribution is -2.35. The number of nitrogens with one attached hydrogen (secondary N) is 1. The van der Waals surface area contributed by atoms with Gasteiger partial charge in [0, 0.05) is 24.2 Å². The zero-order valence-electron chi connectivity index (χ0n) is 24.9. The van der Waals surface area contributed by atoms with E-state index in [1.165, 1.54) is 17.0 Å². The second-order valence-electron chi connectivity index (χ2n) is 10.2. The van der Waals surface area contributed by atoms with Gasteiger partial charge in [0.25, 0.3) is 11.8 Å². The molecule has 0 saturated carbocycles. The average Bonchev–Trinajstić information content (AvgIpc) is 3.04. The molecule has 0 aliphatic heterocycles. The van der Waals surface area contributed by atoms with Gasteiger partial charge in [0.15, 0.2) is 11.5 Å². The smallest absolute Gasteiger partial charge is 0.305 e. The number of carbonyl (C=O) groups is 3. The predicted octanol–water partition coefficient (Wildman–Crippen LogP) is 6.16. The summed E-state index contributed by atoms with van der Waals surface area (Å²) in [6.07, 6.45) is 0.164. The highest BCUT2D eigenvalue weighted by Crippen LogP contribution is 2.32. The van der Waals surface area contributed by atoms with Crippen LogP contribution in [0.15, 0.2) is 91.0 Å². The Morgan fingerprint density at radius 3 is 2.09 bits per heavy atom. The normalized spacial score (nSPS) is 11.4. The summed E-state index contributed by atoms with van der Waals surface area (Å²) in [4.78, 5) is 40.6. The number of amides is 2. The number of carboxylic acids is 1. The van der Waals surface area contributed by atoms with Gasteiger partial charge in [0.05, 0.1) is 26.7 Å². The molecule has 0 aromatic heterocycles. The third kappa shape index (κ3) is 7.60. The second kappa shape index (κ2) is 14.8. The summed E-state index contributed by atoms with van der Waals surface area (Å²) in [5, 5.41) is 12.4. The van der Waals surface area contributed by atoms with Crippen molar-refractivity contribution in [2.24, 2.45) is 0 Å². The first-order valence-electron chi connectivity index (χ1n) is 14.2. The number of hydrogen-bond donors (Lipinski definition) is 2. The van der Waals surface area contributed by atoms with Crippen molar-refractivity contribution in [3.05, 3.63) is 119 Å². The van der Waals surface area contributed by atoms with E-state index in [-0.39, 0.29) is 37.1 Å². The molecule has 0 radical (unpaired) electrons. The topological polar surface area (TPSA) is 105 Å². The molecule has 1 unspecified atom stereocenters. The molecule has 0 saturated heterocycles. The van der Waals surface area contributed by atoms with Crippen LogP contribution >= 0.6 is 0 Å². The van der Waals surface area contributed by atoms with Crippen LogP contribution < -0.4 is 14.8 Å². The minimum atomic E-state index is -1.02. The van der Waals surface area contributed by atoms with E-state index in [0.717, 1.165) is 11.1 Å². The SMILES string of the molecule is COc1cccc(CCN(CCC(=O)O)C(=O)c2ccccc2-c2ccccc2C(=O)NC(C)c2ccc(F)cc2)c1OC. The van der Waals surface area contributed by atoms with Crippen LogP contribution in [0.5, 0.6) is 11.5 Å². The first kappa shape index (κ1) is 31.7. The Bertz CT molecular complexity index is 1620. The van der Waals surface area contributed by atoms with E-state index in [1.807, 2.05) is 19.1 Å². The third-order valence-corrected chi connectivity index (χ3v) is 7.36. The summed E-state index contributed by atoms with van der Waals surface area (Å²) in [5.41, 5.74) is 3.34. The summed E-state index contributed by atoms with van der Waals surface area (Å²) in [5.74, 6) is -0.990. The minimum absolute atomic E-state index is 0.00783. The highest BCUT2D eigenvalue weighted by atomic mass is 19.1. The lowest BCUT2D eigenvalue weighted by Gasteiger charge is -2.24. The summed E-state index contributed by atoms with van der Waals surface area (Å²) in [6.45, 7) is 2.02. The van der Waals surface area contributed by atoms with Crippen molar-refractivity contribution in [3.8, 4) is 22.6 Å². The van der Waals surface area contributed by atoms with E-state index in [1.54, 1.807) is 80.9 Å². The summed E-state index contributed by atoms with van der Waals surface area (Å²) < 4.78 is 24.3. The van der Waals surface area contributed by atoms with Crippen molar-refractivity contribution < 1.29 is 33.4 Å². The number of carboxylic acid groups (broad SMARTS) is 1. The third-order valence-electron chi connectivity index (χ3n) is 7.36. The van der Waals surface area contributed by atoms with Crippen LogP contribution in [0.3, 0.4) is 0 Å². The maximum Gasteiger partial charge on any atom is 0.305 e. The largest absolute Gasteiger partial charge is 0.493 e. The average molecular weight is 599 g/mol. The molecule has 9 heteroatoms. The van der Waals surface area contributed by atoms with Crippen molar-refractivity contribution in [2.45, 2.75) is 25.8 Å². The van der Waals surface area contributed by atoms with Gasteiger partial charge < -0.3 is 24.8 Å². The molecule has 4 rings (SSSR count). The van der Waals surface area contributed by atoms with Crippen LogP contribution in [-0.4, -0.2) is 55.1 Å². The molecule has 0 spiro atoms. The van der Waals surface area contributed by atoms with Gasteiger partial charge in [0.2, 0.25) is 0 Å². The highest BCUT2D eigenvalue weighted by Gasteiger charge is 2.24. The number of benzene rings is 4. The van der Waals surface area contributed by atoms with Gasteiger partial charge in [-0.25, -0.2) is 4.39 Å². The molecule has 2 amide bonds. The van der Waals surface area contributed by atoms with Crippen molar-refractivity contribution in [2.75, 3.05) is 27.3 Å². The predicted molar refractivity (Wildman–Crippen MR) is 166 cm³/mol. The molecule has 228 valence electrons.